The number of nitrogens with one attached hydrogen (secondary N) is 2. The molecule has 0 aromatic heterocycles. The summed E-state index contributed by atoms with van der Waals surface area (Å²) in [6.45, 7) is 4.42. The molecule has 0 bridgehead atoms. The molecule has 6 nitrogen and oxygen atoms in total. The van der Waals surface area contributed by atoms with Crippen molar-refractivity contribution >= 4 is 11.8 Å². The summed E-state index contributed by atoms with van der Waals surface area (Å²) in [5.41, 5.74) is 0. The fourth-order valence-corrected chi connectivity index (χ4v) is 2.57. The molecule has 0 spiro atoms. The second-order valence-electron chi connectivity index (χ2n) is 6.24. The van der Waals surface area contributed by atoms with E-state index in [4.69, 9.17) is 9.47 Å². The third-order valence-corrected chi connectivity index (χ3v) is 4.09. The van der Waals surface area contributed by atoms with E-state index in [1.807, 2.05) is 74.5 Å². The highest BCUT2D eigenvalue weighted by atomic mass is 16.5. The Balaban J connectivity index is 1.72. The maximum absolute atomic E-state index is 12.3. The molecule has 2 aromatic rings. The lowest BCUT2D eigenvalue weighted by Crippen LogP contribution is -2.44. The molecule has 150 valence electrons. The topological polar surface area (TPSA) is 76.7 Å². The Labute approximate surface area is 166 Å². The van der Waals surface area contributed by atoms with E-state index in [-0.39, 0.29) is 11.8 Å². The van der Waals surface area contributed by atoms with Crippen molar-refractivity contribution in [3.8, 4) is 11.5 Å². The molecule has 0 heterocycles. The third kappa shape index (κ3) is 6.95. The molecule has 2 amide bonds. The average Bonchev–Trinajstić information content (AvgIpc) is 2.74. The van der Waals surface area contributed by atoms with Crippen molar-refractivity contribution in [1.29, 1.82) is 0 Å². The van der Waals surface area contributed by atoms with Gasteiger partial charge in [-0.3, -0.25) is 9.59 Å². The Hall–Kier alpha value is -3.02. The summed E-state index contributed by atoms with van der Waals surface area (Å²) in [4.78, 5) is 24.6. The highest BCUT2D eigenvalue weighted by molar-refractivity contribution is 5.82. The van der Waals surface area contributed by atoms with Crippen molar-refractivity contribution in [2.45, 2.75) is 38.9 Å². The van der Waals surface area contributed by atoms with E-state index < -0.39 is 12.2 Å². The van der Waals surface area contributed by atoms with E-state index in [0.717, 1.165) is 0 Å². The zero-order valence-electron chi connectivity index (χ0n) is 16.4. The molecular weight excluding hydrogens is 356 g/mol. The van der Waals surface area contributed by atoms with Gasteiger partial charge in [-0.05, 0) is 37.1 Å². The number of hydrogen-bond acceptors (Lipinski definition) is 4. The Morgan fingerprint density at radius 2 is 1.07 bits per heavy atom. The number of amides is 2. The average molecular weight is 384 g/mol. The van der Waals surface area contributed by atoms with E-state index in [2.05, 4.69) is 10.6 Å². The van der Waals surface area contributed by atoms with Crippen LogP contribution >= 0.6 is 0 Å². The summed E-state index contributed by atoms with van der Waals surface area (Å²) in [7, 11) is 0. The standard InChI is InChI=1S/C22H28N2O4/c1-3-19(27-17-11-7-5-8-12-17)21(25)23-15-16-24-22(26)20(4-2)28-18-13-9-6-10-14-18/h5-14,19-20H,3-4,15-16H2,1-2H3,(H,23,25)(H,24,26). The van der Waals surface area contributed by atoms with Gasteiger partial charge in [0.25, 0.3) is 11.8 Å². The number of benzene rings is 2. The van der Waals surface area contributed by atoms with Gasteiger partial charge in [0.05, 0.1) is 0 Å². The fraction of sp³-hybridized carbons (Fsp3) is 0.364. The molecule has 0 saturated carbocycles. The molecule has 0 radical (unpaired) electrons. The SMILES string of the molecule is CCC(Oc1ccccc1)C(=O)NCCNC(=O)C(CC)Oc1ccccc1. The van der Waals surface area contributed by atoms with Crippen LogP contribution in [-0.4, -0.2) is 37.1 Å². The van der Waals surface area contributed by atoms with E-state index in [1.165, 1.54) is 0 Å². The maximum atomic E-state index is 12.3. The van der Waals surface area contributed by atoms with Gasteiger partial charge in [-0.1, -0.05) is 50.2 Å². The molecule has 0 saturated heterocycles. The minimum absolute atomic E-state index is 0.201. The van der Waals surface area contributed by atoms with Crippen molar-refractivity contribution in [3.05, 3.63) is 60.7 Å². The van der Waals surface area contributed by atoms with Crippen LogP contribution in [0.5, 0.6) is 11.5 Å². The van der Waals surface area contributed by atoms with Gasteiger partial charge in [-0.2, -0.15) is 0 Å². The van der Waals surface area contributed by atoms with E-state index in [0.29, 0.717) is 37.4 Å². The van der Waals surface area contributed by atoms with E-state index in [1.54, 1.807) is 0 Å². The predicted octanol–water partition coefficient (Wildman–Crippen LogP) is 2.93. The first kappa shape index (κ1) is 21.3. The first-order valence-electron chi connectivity index (χ1n) is 9.62. The van der Waals surface area contributed by atoms with Gasteiger partial charge in [-0.15, -0.1) is 0 Å². The molecule has 0 aliphatic rings. The predicted molar refractivity (Wildman–Crippen MR) is 108 cm³/mol. The molecule has 0 fully saturated rings. The highest BCUT2D eigenvalue weighted by Crippen LogP contribution is 2.13. The van der Waals surface area contributed by atoms with Gasteiger partial charge in [0, 0.05) is 13.1 Å². The molecule has 2 rings (SSSR count). The van der Waals surface area contributed by atoms with Crippen LogP contribution in [-0.2, 0) is 9.59 Å². The Bertz CT molecular complexity index is 658. The Morgan fingerprint density at radius 1 is 0.714 bits per heavy atom. The lowest BCUT2D eigenvalue weighted by atomic mass is 10.2. The van der Waals surface area contributed by atoms with Crippen molar-refractivity contribution in [1.82, 2.24) is 10.6 Å². The van der Waals surface area contributed by atoms with Crippen LogP contribution < -0.4 is 20.1 Å². The Morgan fingerprint density at radius 3 is 1.39 bits per heavy atom. The first-order valence-corrected chi connectivity index (χ1v) is 9.62. The molecule has 2 unspecified atom stereocenters. The zero-order chi connectivity index (χ0) is 20.2. The van der Waals surface area contributed by atoms with Crippen LogP contribution in [0, 0.1) is 0 Å². The summed E-state index contributed by atoms with van der Waals surface area (Å²) >= 11 is 0. The van der Waals surface area contributed by atoms with E-state index in [9.17, 15) is 9.59 Å². The second kappa shape index (κ2) is 11.6. The van der Waals surface area contributed by atoms with Crippen LogP contribution in [0.3, 0.4) is 0 Å². The monoisotopic (exact) mass is 384 g/mol. The lowest BCUT2D eigenvalue weighted by molar-refractivity contribution is -0.129. The summed E-state index contributed by atoms with van der Waals surface area (Å²) in [5, 5.41) is 5.59. The van der Waals surface area contributed by atoms with Gasteiger partial charge in [0.1, 0.15) is 11.5 Å². The first-order chi connectivity index (χ1) is 13.6. The van der Waals surface area contributed by atoms with Crippen molar-refractivity contribution in [3.63, 3.8) is 0 Å². The number of ether oxygens (including phenoxy) is 2. The zero-order valence-corrected chi connectivity index (χ0v) is 16.4. The van der Waals surface area contributed by atoms with Crippen LogP contribution in [0.1, 0.15) is 26.7 Å². The number of rotatable bonds is 11. The minimum Gasteiger partial charge on any atom is -0.481 e. The second-order valence-corrected chi connectivity index (χ2v) is 6.24. The van der Waals surface area contributed by atoms with Gasteiger partial charge >= 0.3 is 0 Å². The Kier molecular flexibility index (Phi) is 8.85. The summed E-state index contributed by atoms with van der Waals surface area (Å²) in [6, 6.07) is 18.5. The van der Waals surface area contributed by atoms with Crippen molar-refractivity contribution < 1.29 is 19.1 Å². The normalized spacial score (nSPS) is 12.5. The third-order valence-electron chi connectivity index (χ3n) is 4.09. The molecule has 0 aliphatic carbocycles. The minimum atomic E-state index is -0.567. The summed E-state index contributed by atoms with van der Waals surface area (Å²) in [5.74, 6) is 0.907. The fourth-order valence-electron chi connectivity index (χ4n) is 2.57. The highest BCUT2D eigenvalue weighted by Gasteiger charge is 2.19. The lowest BCUT2D eigenvalue weighted by Gasteiger charge is -2.19. The molecule has 2 N–H and O–H groups in total. The number of hydrogen-bond donors (Lipinski definition) is 2. The molecule has 0 aliphatic heterocycles. The van der Waals surface area contributed by atoms with Gasteiger partial charge in [0.2, 0.25) is 0 Å². The van der Waals surface area contributed by atoms with Gasteiger partial charge in [0.15, 0.2) is 12.2 Å². The van der Waals surface area contributed by atoms with Crippen LogP contribution in [0.15, 0.2) is 60.7 Å². The summed E-state index contributed by atoms with van der Waals surface area (Å²) < 4.78 is 11.4. The largest absolute Gasteiger partial charge is 0.481 e. The number of para-hydroxylation sites is 2. The molecular formula is C22H28N2O4. The molecule has 6 heteroatoms. The van der Waals surface area contributed by atoms with Crippen LogP contribution in [0.4, 0.5) is 0 Å². The van der Waals surface area contributed by atoms with Crippen LogP contribution in [0.25, 0.3) is 0 Å². The summed E-state index contributed by atoms with van der Waals surface area (Å²) in [6.07, 6.45) is -0.0305. The number of carbonyl (C=O) groups is 2. The van der Waals surface area contributed by atoms with Crippen molar-refractivity contribution in [2.75, 3.05) is 13.1 Å². The quantitative estimate of drug-likeness (QED) is 0.584. The molecule has 28 heavy (non-hydrogen) atoms. The number of carbonyl (C=O) groups excluding carboxylic acids is 2. The van der Waals surface area contributed by atoms with Crippen molar-refractivity contribution in [2.24, 2.45) is 0 Å². The molecule has 2 aromatic carbocycles. The van der Waals surface area contributed by atoms with Gasteiger partial charge in [-0.25, -0.2) is 0 Å². The van der Waals surface area contributed by atoms with Crippen LogP contribution in [0.2, 0.25) is 0 Å². The smallest absolute Gasteiger partial charge is 0.261 e. The maximum Gasteiger partial charge on any atom is 0.261 e. The molecule has 2 atom stereocenters. The van der Waals surface area contributed by atoms with E-state index >= 15 is 0 Å². The van der Waals surface area contributed by atoms with Gasteiger partial charge < -0.3 is 20.1 Å².